The van der Waals surface area contributed by atoms with E-state index in [-0.39, 0.29) is 0 Å². The van der Waals surface area contributed by atoms with Gasteiger partial charge in [0, 0.05) is 12.8 Å². The number of allylic oxidation sites excluding steroid dienone is 4. The van der Waals surface area contributed by atoms with E-state index in [1.54, 1.807) is 12.5 Å². The number of hydrogen-bond donors (Lipinski definition) is 0. The standard InChI is InChI=1S/C10H14O.C4H4O/c11-10-8-6-4-2-1-3-5-7-9-10;1-2-4-5-3-1/h2,4-5,7H,1,3,6,8-9H2;1-4H. The molecule has 1 aliphatic rings. The number of furan rings is 1. The van der Waals surface area contributed by atoms with Gasteiger partial charge in [0.25, 0.3) is 0 Å². The molecular weight excluding hydrogens is 200 g/mol. The van der Waals surface area contributed by atoms with E-state index >= 15 is 0 Å². The van der Waals surface area contributed by atoms with Crippen molar-refractivity contribution in [3.05, 3.63) is 49.0 Å². The van der Waals surface area contributed by atoms with Gasteiger partial charge in [-0.15, -0.1) is 0 Å². The van der Waals surface area contributed by atoms with Crippen molar-refractivity contribution < 1.29 is 9.21 Å². The topological polar surface area (TPSA) is 30.2 Å². The van der Waals surface area contributed by atoms with E-state index in [1.807, 2.05) is 18.2 Å². The fraction of sp³-hybridized carbons (Fsp3) is 0.357. The Hall–Kier alpha value is -1.57. The summed E-state index contributed by atoms with van der Waals surface area (Å²) in [5.74, 6) is 0.354. The molecule has 0 N–H and O–H groups in total. The van der Waals surface area contributed by atoms with Crippen LogP contribution in [-0.2, 0) is 4.79 Å². The van der Waals surface area contributed by atoms with Gasteiger partial charge >= 0.3 is 0 Å². The molecule has 2 nitrogen and oxygen atoms in total. The Bertz CT molecular complexity index is 303. The Morgan fingerprint density at radius 2 is 1.50 bits per heavy atom. The lowest BCUT2D eigenvalue weighted by molar-refractivity contribution is -0.118. The van der Waals surface area contributed by atoms with E-state index in [0.29, 0.717) is 18.6 Å². The van der Waals surface area contributed by atoms with Crippen molar-refractivity contribution in [1.29, 1.82) is 0 Å². The highest BCUT2D eigenvalue weighted by molar-refractivity contribution is 5.79. The summed E-state index contributed by atoms with van der Waals surface area (Å²) >= 11 is 0. The molecule has 2 heteroatoms. The predicted molar refractivity (Wildman–Crippen MR) is 65.1 cm³/mol. The zero-order valence-electron chi connectivity index (χ0n) is 9.47. The Kier molecular flexibility index (Phi) is 6.81. The van der Waals surface area contributed by atoms with E-state index in [0.717, 1.165) is 19.3 Å². The highest BCUT2D eigenvalue weighted by Crippen LogP contribution is 2.03. The van der Waals surface area contributed by atoms with Gasteiger partial charge in [-0.1, -0.05) is 24.3 Å². The van der Waals surface area contributed by atoms with Crippen LogP contribution in [0.3, 0.4) is 0 Å². The maximum Gasteiger partial charge on any atom is 0.136 e. The fourth-order valence-electron chi connectivity index (χ4n) is 1.33. The molecule has 1 heterocycles. The largest absolute Gasteiger partial charge is 0.473 e. The minimum Gasteiger partial charge on any atom is -0.473 e. The van der Waals surface area contributed by atoms with Crippen LogP contribution in [0, 0.1) is 0 Å². The summed E-state index contributed by atoms with van der Waals surface area (Å²) in [4.78, 5) is 11.0. The third-order valence-corrected chi connectivity index (χ3v) is 2.19. The molecule has 0 bridgehead atoms. The van der Waals surface area contributed by atoms with Crippen molar-refractivity contribution in [3.8, 4) is 0 Å². The van der Waals surface area contributed by atoms with Gasteiger partial charge in [0.15, 0.2) is 0 Å². The molecule has 0 unspecified atom stereocenters. The average molecular weight is 218 g/mol. The summed E-state index contributed by atoms with van der Waals surface area (Å²) in [5.41, 5.74) is 0. The molecule has 0 aromatic carbocycles. The maximum absolute atomic E-state index is 11.0. The molecule has 1 aliphatic carbocycles. The first kappa shape index (κ1) is 12.5. The Labute approximate surface area is 96.7 Å². The van der Waals surface area contributed by atoms with Gasteiger partial charge in [0.05, 0.1) is 12.5 Å². The van der Waals surface area contributed by atoms with Crippen LogP contribution < -0.4 is 0 Å². The molecule has 1 aromatic rings. The monoisotopic (exact) mass is 218 g/mol. The predicted octanol–water partition coefficient (Wildman–Crippen LogP) is 3.91. The lowest BCUT2D eigenvalue weighted by atomic mass is 10.1. The van der Waals surface area contributed by atoms with Crippen molar-refractivity contribution in [2.24, 2.45) is 0 Å². The maximum atomic E-state index is 11.0. The molecule has 0 saturated heterocycles. The van der Waals surface area contributed by atoms with E-state index < -0.39 is 0 Å². The van der Waals surface area contributed by atoms with Gasteiger partial charge in [-0.2, -0.15) is 0 Å². The molecule has 0 aliphatic heterocycles. The van der Waals surface area contributed by atoms with Crippen molar-refractivity contribution in [1.82, 2.24) is 0 Å². The SMILES string of the molecule is O=C1CC=CCCC=CCC1.c1ccoc1. The van der Waals surface area contributed by atoms with Gasteiger partial charge in [-0.05, 0) is 31.4 Å². The van der Waals surface area contributed by atoms with Crippen LogP contribution in [0.2, 0.25) is 0 Å². The first-order chi connectivity index (χ1) is 7.89. The van der Waals surface area contributed by atoms with Crippen LogP contribution in [0.1, 0.15) is 32.1 Å². The van der Waals surface area contributed by atoms with Gasteiger partial charge in [-0.3, -0.25) is 4.79 Å². The summed E-state index contributed by atoms with van der Waals surface area (Å²) in [7, 11) is 0. The molecule has 0 fully saturated rings. The summed E-state index contributed by atoms with van der Waals surface area (Å²) in [6.07, 6.45) is 16.0. The Morgan fingerprint density at radius 1 is 0.875 bits per heavy atom. The molecule has 86 valence electrons. The number of carbonyl (C=O) groups excluding carboxylic acids is 1. The third-order valence-electron chi connectivity index (χ3n) is 2.19. The molecule has 2 rings (SSSR count). The van der Waals surface area contributed by atoms with Crippen molar-refractivity contribution in [3.63, 3.8) is 0 Å². The molecule has 16 heavy (non-hydrogen) atoms. The molecule has 0 atom stereocenters. The number of hydrogen-bond acceptors (Lipinski definition) is 2. The van der Waals surface area contributed by atoms with E-state index in [1.165, 1.54) is 0 Å². The van der Waals surface area contributed by atoms with Gasteiger partial charge in [-0.25, -0.2) is 0 Å². The second kappa shape index (κ2) is 8.72. The minimum atomic E-state index is 0.354. The number of carbonyl (C=O) groups is 1. The van der Waals surface area contributed by atoms with E-state index in [9.17, 15) is 4.79 Å². The first-order valence-corrected chi connectivity index (χ1v) is 5.68. The van der Waals surface area contributed by atoms with Crippen LogP contribution >= 0.6 is 0 Å². The first-order valence-electron chi connectivity index (χ1n) is 5.68. The number of ketones is 1. The number of Topliss-reactive ketones (excluding diaryl/α,β-unsaturated/α-hetero) is 1. The van der Waals surface area contributed by atoms with Crippen LogP contribution in [0.4, 0.5) is 0 Å². The highest BCUT2D eigenvalue weighted by Gasteiger charge is 1.97. The smallest absolute Gasteiger partial charge is 0.136 e. The average Bonchev–Trinajstić information content (AvgIpc) is 2.86. The van der Waals surface area contributed by atoms with Crippen LogP contribution in [-0.4, -0.2) is 5.78 Å². The quantitative estimate of drug-likeness (QED) is 0.618. The Morgan fingerprint density at radius 3 is 2.12 bits per heavy atom. The summed E-state index contributed by atoms with van der Waals surface area (Å²) < 4.78 is 4.58. The summed E-state index contributed by atoms with van der Waals surface area (Å²) in [5, 5.41) is 0. The zero-order valence-corrected chi connectivity index (χ0v) is 9.47. The molecule has 0 spiro atoms. The van der Waals surface area contributed by atoms with Gasteiger partial charge in [0.1, 0.15) is 5.78 Å². The summed E-state index contributed by atoms with van der Waals surface area (Å²) in [6.45, 7) is 0. The van der Waals surface area contributed by atoms with Gasteiger partial charge in [0.2, 0.25) is 0 Å². The van der Waals surface area contributed by atoms with E-state index in [2.05, 4.69) is 22.6 Å². The summed E-state index contributed by atoms with van der Waals surface area (Å²) in [6, 6.07) is 3.67. The fourth-order valence-corrected chi connectivity index (χ4v) is 1.33. The lowest BCUT2D eigenvalue weighted by Gasteiger charge is -1.95. The van der Waals surface area contributed by atoms with Crippen LogP contribution in [0.15, 0.2) is 53.4 Å². The molecule has 0 radical (unpaired) electrons. The molecule has 1 aromatic heterocycles. The molecular formula is C14H18O2. The van der Waals surface area contributed by atoms with Crippen LogP contribution in [0.25, 0.3) is 0 Å². The third kappa shape index (κ3) is 6.82. The Balaban J connectivity index is 0.000000212. The van der Waals surface area contributed by atoms with Crippen molar-refractivity contribution in [2.75, 3.05) is 0 Å². The molecule has 0 amide bonds. The minimum absolute atomic E-state index is 0.354. The van der Waals surface area contributed by atoms with Crippen molar-refractivity contribution >= 4 is 5.78 Å². The normalized spacial score (nSPS) is 16.4. The second-order valence-electron chi connectivity index (χ2n) is 3.59. The van der Waals surface area contributed by atoms with Gasteiger partial charge < -0.3 is 4.42 Å². The number of rotatable bonds is 0. The zero-order chi connectivity index (χ0) is 11.5. The van der Waals surface area contributed by atoms with Crippen molar-refractivity contribution in [2.45, 2.75) is 32.1 Å². The second-order valence-corrected chi connectivity index (χ2v) is 3.59. The van der Waals surface area contributed by atoms with E-state index in [4.69, 9.17) is 0 Å². The lowest BCUT2D eigenvalue weighted by Crippen LogP contribution is -1.94. The highest BCUT2D eigenvalue weighted by atomic mass is 16.3. The molecule has 0 saturated carbocycles. The van der Waals surface area contributed by atoms with Crippen LogP contribution in [0.5, 0.6) is 0 Å².